The minimum Gasteiger partial charge on any atom is -0.360 e. The lowest BCUT2D eigenvalue weighted by Gasteiger charge is -2.05. The summed E-state index contributed by atoms with van der Waals surface area (Å²) in [5.41, 5.74) is 2.56. The number of hydrogen-bond acceptors (Lipinski definition) is 4. The van der Waals surface area contributed by atoms with Gasteiger partial charge in [-0.1, -0.05) is 35.5 Å². The third kappa shape index (κ3) is 2.77. The van der Waals surface area contributed by atoms with Gasteiger partial charge in [0.05, 0.1) is 5.75 Å². The highest BCUT2D eigenvalue weighted by molar-refractivity contribution is 8.08. The molecule has 4 nitrogen and oxygen atoms in total. The van der Waals surface area contributed by atoms with E-state index < -0.39 is 0 Å². The van der Waals surface area contributed by atoms with Gasteiger partial charge in [0.15, 0.2) is 5.82 Å². The molecule has 0 unspecified atom stereocenters. The van der Waals surface area contributed by atoms with Crippen LogP contribution in [0.3, 0.4) is 0 Å². The van der Waals surface area contributed by atoms with Gasteiger partial charge in [0.1, 0.15) is 5.76 Å². The Labute approximate surface area is 121 Å². The van der Waals surface area contributed by atoms with Gasteiger partial charge in [0.25, 0.3) is 0 Å². The highest BCUT2D eigenvalue weighted by atomic mass is 32.2. The maximum atomic E-state index is 11.8. The van der Waals surface area contributed by atoms with Gasteiger partial charge in [0, 0.05) is 11.0 Å². The number of allylic oxidation sites excluding steroid dienone is 1. The number of benzene rings is 1. The van der Waals surface area contributed by atoms with Crippen molar-refractivity contribution in [2.24, 2.45) is 0 Å². The molecular weight excluding hydrogens is 272 g/mol. The minimum absolute atomic E-state index is 0.0754. The maximum Gasteiger partial charge on any atom is 0.235 e. The molecule has 0 atom stereocenters. The molecule has 0 radical (unpaired) electrons. The fourth-order valence-corrected chi connectivity index (χ4v) is 3.05. The number of nitrogens with zero attached hydrogens (tertiary/aromatic N) is 1. The summed E-state index contributed by atoms with van der Waals surface area (Å²) in [6.07, 6.45) is 3.12. The lowest BCUT2D eigenvalue weighted by molar-refractivity contribution is -0.113. The Morgan fingerprint density at radius 3 is 3.10 bits per heavy atom. The first-order valence-electron chi connectivity index (χ1n) is 6.37. The largest absolute Gasteiger partial charge is 0.360 e. The van der Waals surface area contributed by atoms with Crippen molar-refractivity contribution in [2.45, 2.75) is 13.3 Å². The summed E-state index contributed by atoms with van der Waals surface area (Å²) >= 11 is 1.55. The van der Waals surface area contributed by atoms with E-state index in [4.69, 9.17) is 4.52 Å². The van der Waals surface area contributed by atoms with Crippen LogP contribution in [0.2, 0.25) is 0 Å². The zero-order valence-electron chi connectivity index (χ0n) is 11.1. The predicted molar refractivity (Wildman–Crippen MR) is 80.5 cm³/mol. The number of fused-ring (bicyclic) bond motifs is 1. The molecule has 5 heteroatoms. The van der Waals surface area contributed by atoms with Gasteiger partial charge in [-0.05, 0) is 24.5 Å². The summed E-state index contributed by atoms with van der Waals surface area (Å²) in [5, 5.41) is 6.46. The molecule has 1 N–H and O–H groups in total. The van der Waals surface area contributed by atoms with Crippen LogP contribution in [0.1, 0.15) is 16.9 Å². The molecule has 1 heterocycles. The average molecular weight is 286 g/mol. The standard InChI is InChI=1S/C15H14N2O2S/c1-10-8-14(17-19-10)16-15(18)9-20-13-7-6-11-4-2-3-5-12(11)13/h2-5,7-8H,6,9H2,1H3,(H,16,17,18). The van der Waals surface area contributed by atoms with Crippen LogP contribution in [-0.2, 0) is 11.2 Å². The van der Waals surface area contributed by atoms with Crippen molar-refractivity contribution in [3.8, 4) is 0 Å². The van der Waals surface area contributed by atoms with Gasteiger partial charge in [0.2, 0.25) is 5.91 Å². The summed E-state index contributed by atoms with van der Waals surface area (Å²) in [5.74, 6) is 1.44. The van der Waals surface area contributed by atoms with Crippen molar-refractivity contribution in [2.75, 3.05) is 11.1 Å². The van der Waals surface area contributed by atoms with Crippen molar-refractivity contribution < 1.29 is 9.32 Å². The Morgan fingerprint density at radius 1 is 1.45 bits per heavy atom. The lowest BCUT2D eigenvalue weighted by atomic mass is 10.1. The molecule has 3 rings (SSSR count). The first kappa shape index (κ1) is 13.0. The molecule has 0 saturated carbocycles. The minimum atomic E-state index is -0.0754. The van der Waals surface area contributed by atoms with Crippen molar-refractivity contribution in [3.05, 3.63) is 53.3 Å². The van der Waals surface area contributed by atoms with Crippen LogP contribution in [0.5, 0.6) is 0 Å². The van der Waals surface area contributed by atoms with Crippen LogP contribution in [0.25, 0.3) is 4.91 Å². The van der Waals surface area contributed by atoms with Crippen molar-refractivity contribution in [3.63, 3.8) is 0 Å². The number of nitrogens with one attached hydrogen (secondary N) is 1. The van der Waals surface area contributed by atoms with E-state index in [9.17, 15) is 4.79 Å². The van der Waals surface area contributed by atoms with E-state index in [-0.39, 0.29) is 5.91 Å². The van der Waals surface area contributed by atoms with Crippen LogP contribution in [0.4, 0.5) is 5.82 Å². The topological polar surface area (TPSA) is 55.1 Å². The second-order valence-corrected chi connectivity index (χ2v) is 5.61. The molecule has 1 aliphatic carbocycles. The monoisotopic (exact) mass is 286 g/mol. The van der Waals surface area contributed by atoms with E-state index in [1.807, 2.05) is 12.1 Å². The van der Waals surface area contributed by atoms with Gasteiger partial charge in [-0.25, -0.2) is 0 Å². The molecule has 1 amide bonds. The first-order valence-corrected chi connectivity index (χ1v) is 7.35. The zero-order valence-corrected chi connectivity index (χ0v) is 11.9. The smallest absolute Gasteiger partial charge is 0.235 e. The number of rotatable bonds is 4. The number of hydrogen-bond donors (Lipinski definition) is 1. The Bertz CT molecular complexity index is 676. The Morgan fingerprint density at radius 2 is 2.30 bits per heavy atom. The van der Waals surface area contributed by atoms with Gasteiger partial charge in [-0.15, -0.1) is 11.8 Å². The molecule has 0 bridgehead atoms. The molecule has 1 aromatic heterocycles. The summed E-state index contributed by atoms with van der Waals surface area (Å²) < 4.78 is 4.91. The molecule has 2 aromatic rings. The fraction of sp³-hybridized carbons (Fsp3) is 0.200. The summed E-state index contributed by atoms with van der Waals surface area (Å²) in [4.78, 5) is 13.0. The molecule has 20 heavy (non-hydrogen) atoms. The van der Waals surface area contributed by atoms with E-state index in [2.05, 4.69) is 28.7 Å². The molecule has 0 saturated heterocycles. The summed E-state index contributed by atoms with van der Waals surface area (Å²) in [6.45, 7) is 1.79. The second-order valence-electron chi connectivity index (χ2n) is 4.59. The van der Waals surface area contributed by atoms with Crippen LogP contribution < -0.4 is 5.32 Å². The summed E-state index contributed by atoms with van der Waals surface area (Å²) in [7, 11) is 0. The number of anilines is 1. The molecule has 1 aliphatic rings. The van der Waals surface area contributed by atoms with E-state index in [1.54, 1.807) is 24.8 Å². The maximum absolute atomic E-state index is 11.8. The van der Waals surface area contributed by atoms with Gasteiger partial charge in [-0.3, -0.25) is 4.79 Å². The molecule has 0 aliphatic heterocycles. The van der Waals surface area contributed by atoms with Crippen molar-refractivity contribution in [1.82, 2.24) is 5.16 Å². The number of carbonyl (C=O) groups excluding carboxylic acids is 1. The number of thioether (sulfide) groups is 1. The Balaban J connectivity index is 1.57. The van der Waals surface area contributed by atoms with Crippen LogP contribution in [0.15, 0.2) is 40.9 Å². The van der Waals surface area contributed by atoms with E-state index in [1.165, 1.54) is 16.0 Å². The molecule has 0 spiro atoms. The van der Waals surface area contributed by atoms with Crippen LogP contribution in [0, 0.1) is 6.92 Å². The molecule has 0 fully saturated rings. The van der Waals surface area contributed by atoms with Crippen LogP contribution >= 0.6 is 11.8 Å². The van der Waals surface area contributed by atoms with Gasteiger partial charge >= 0.3 is 0 Å². The second kappa shape index (κ2) is 5.54. The van der Waals surface area contributed by atoms with E-state index >= 15 is 0 Å². The van der Waals surface area contributed by atoms with Gasteiger partial charge < -0.3 is 9.84 Å². The fourth-order valence-electron chi connectivity index (χ4n) is 2.14. The third-order valence-electron chi connectivity index (χ3n) is 3.04. The lowest BCUT2D eigenvalue weighted by Crippen LogP contribution is -2.14. The highest BCUT2D eigenvalue weighted by Crippen LogP contribution is 2.35. The molecule has 102 valence electrons. The van der Waals surface area contributed by atoms with Crippen LogP contribution in [-0.4, -0.2) is 16.8 Å². The summed E-state index contributed by atoms with van der Waals surface area (Å²) in [6, 6.07) is 9.99. The number of aromatic nitrogens is 1. The van der Waals surface area contributed by atoms with E-state index in [0.29, 0.717) is 17.3 Å². The predicted octanol–water partition coefficient (Wildman–Crippen LogP) is 3.25. The first-order chi connectivity index (χ1) is 9.72. The average Bonchev–Trinajstić information content (AvgIpc) is 3.03. The molecule has 1 aromatic carbocycles. The SMILES string of the molecule is Cc1cc(NC(=O)CSC2=CCc3ccccc32)no1. The quantitative estimate of drug-likeness (QED) is 0.937. The highest BCUT2D eigenvalue weighted by Gasteiger charge is 2.15. The van der Waals surface area contributed by atoms with Crippen molar-refractivity contribution in [1.29, 1.82) is 0 Å². The Kier molecular flexibility index (Phi) is 3.60. The number of carbonyl (C=O) groups is 1. The Hall–Kier alpha value is -2.01. The number of amides is 1. The molecular formula is C15H14N2O2S. The van der Waals surface area contributed by atoms with Crippen molar-refractivity contribution >= 4 is 28.4 Å². The normalized spacial score (nSPS) is 12.9. The number of aryl methyl sites for hydroxylation is 1. The van der Waals surface area contributed by atoms with E-state index in [0.717, 1.165) is 6.42 Å². The third-order valence-corrected chi connectivity index (χ3v) is 4.15. The zero-order chi connectivity index (χ0) is 13.9. The van der Waals surface area contributed by atoms with Gasteiger partial charge in [-0.2, -0.15) is 0 Å².